The minimum atomic E-state index is -0.940. The topological polar surface area (TPSA) is 113 Å². The van der Waals surface area contributed by atoms with Gasteiger partial charge in [0.25, 0.3) is 5.91 Å². The van der Waals surface area contributed by atoms with Crippen LogP contribution in [0.1, 0.15) is 72.3 Å². The van der Waals surface area contributed by atoms with E-state index < -0.39 is 29.4 Å². The highest BCUT2D eigenvalue weighted by molar-refractivity contribution is 6.33. The highest BCUT2D eigenvalue weighted by Gasteiger charge is 2.30. The number of aromatic amines is 1. The van der Waals surface area contributed by atoms with Crippen LogP contribution in [0.3, 0.4) is 0 Å². The Kier molecular flexibility index (Phi) is 8.12. The summed E-state index contributed by atoms with van der Waals surface area (Å²) in [5.74, 6) is -3.20. The van der Waals surface area contributed by atoms with E-state index in [1.54, 1.807) is 0 Å². The molecule has 35 heavy (non-hydrogen) atoms. The second kappa shape index (κ2) is 11.3. The maximum atomic E-state index is 14.0. The summed E-state index contributed by atoms with van der Waals surface area (Å²) in [5, 5.41) is 5.14. The lowest BCUT2D eigenvalue weighted by Crippen LogP contribution is -2.40. The van der Waals surface area contributed by atoms with Gasteiger partial charge in [0.05, 0.1) is 23.1 Å². The van der Waals surface area contributed by atoms with E-state index in [9.17, 15) is 23.2 Å². The van der Waals surface area contributed by atoms with Crippen LogP contribution in [0.4, 0.5) is 14.5 Å². The number of H-pyrrole nitrogens is 1. The molecule has 2 fully saturated rings. The third kappa shape index (κ3) is 6.24. The molecule has 8 nitrogen and oxygen atoms in total. The van der Waals surface area contributed by atoms with Crippen LogP contribution in [0.15, 0.2) is 18.5 Å². The molecular weight excluding hydrogens is 482 g/mol. The van der Waals surface area contributed by atoms with Gasteiger partial charge in [-0.05, 0) is 51.0 Å². The number of nitrogens with one attached hydrogen (secondary N) is 3. The first-order valence-electron chi connectivity index (χ1n) is 11.8. The average Bonchev–Trinajstić information content (AvgIpc) is 3.52. The van der Waals surface area contributed by atoms with Crippen LogP contribution >= 0.6 is 11.6 Å². The molecule has 0 spiro atoms. The number of halogens is 3. The summed E-state index contributed by atoms with van der Waals surface area (Å²) >= 11 is 5.85. The summed E-state index contributed by atoms with van der Waals surface area (Å²) in [4.78, 5) is 44.8. The van der Waals surface area contributed by atoms with E-state index in [1.165, 1.54) is 6.33 Å². The maximum Gasteiger partial charge on any atom is 0.270 e. The Morgan fingerprint density at radius 3 is 2.60 bits per heavy atom. The van der Waals surface area contributed by atoms with Crippen molar-refractivity contribution in [3.63, 3.8) is 0 Å². The number of aromatic nitrogens is 2. The fourth-order valence-electron chi connectivity index (χ4n) is 4.61. The number of carbonyl (C=O) groups is 3. The third-order valence-corrected chi connectivity index (χ3v) is 6.83. The van der Waals surface area contributed by atoms with Gasteiger partial charge < -0.3 is 20.4 Å². The molecule has 1 aromatic heterocycles. The molecule has 0 bridgehead atoms. The van der Waals surface area contributed by atoms with E-state index in [4.69, 9.17) is 16.3 Å². The van der Waals surface area contributed by atoms with Crippen LogP contribution in [-0.4, -0.2) is 46.3 Å². The Labute approximate surface area is 206 Å². The first-order chi connectivity index (χ1) is 16.8. The molecule has 1 aliphatic carbocycles. The molecular formula is C24H27ClF2N4O4. The van der Waals surface area contributed by atoms with Crippen LogP contribution < -0.4 is 10.6 Å². The number of nitrogens with zero attached hydrogens (tertiary/aromatic N) is 1. The quantitative estimate of drug-likeness (QED) is 0.457. The molecule has 1 aliphatic heterocycles. The number of ether oxygens (including phenoxy) is 1. The number of rotatable bonds is 8. The zero-order valence-electron chi connectivity index (χ0n) is 19.0. The van der Waals surface area contributed by atoms with E-state index >= 15 is 0 Å². The van der Waals surface area contributed by atoms with E-state index in [-0.39, 0.29) is 46.4 Å². The van der Waals surface area contributed by atoms with Gasteiger partial charge in [-0.3, -0.25) is 14.4 Å². The van der Waals surface area contributed by atoms with Crippen LogP contribution in [0, 0.1) is 17.6 Å². The van der Waals surface area contributed by atoms with E-state index in [2.05, 4.69) is 20.6 Å². The van der Waals surface area contributed by atoms with Gasteiger partial charge in [0.15, 0.2) is 11.6 Å². The molecule has 3 N–H and O–H groups in total. The van der Waals surface area contributed by atoms with Crippen LogP contribution in [-0.2, 0) is 9.53 Å². The van der Waals surface area contributed by atoms with Crippen LogP contribution in [0.2, 0.25) is 5.02 Å². The Morgan fingerprint density at radius 2 is 1.91 bits per heavy atom. The lowest BCUT2D eigenvalue weighted by molar-refractivity contribution is -0.120. The zero-order chi connectivity index (χ0) is 24.9. The number of benzene rings is 1. The minimum absolute atomic E-state index is 0.0816. The lowest BCUT2D eigenvalue weighted by atomic mass is 9.85. The molecule has 11 heteroatoms. The number of amides is 2. The van der Waals surface area contributed by atoms with E-state index in [0.717, 1.165) is 25.5 Å². The van der Waals surface area contributed by atoms with Gasteiger partial charge in [0, 0.05) is 31.1 Å². The Balaban J connectivity index is 1.27. The van der Waals surface area contributed by atoms with Gasteiger partial charge in [-0.25, -0.2) is 13.8 Å². The number of Topliss-reactive ketones (excluding diaryl/α,β-unsaturated/α-hetero) is 1. The SMILES string of the molecule is O=C(CC[C@H]1CCCO1)c1nc[nH]c1C(=O)NC1CCC(C(=O)Nc2c(F)cc(F)cc2Cl)CC1. The number of carbonyl (C=O) groups excluding carboxylic acids is 3. The lowest BCUT2D eigenvalue weighted by Gasteiger charge is -2.28. The third-order valence-electron chi connectivity index (χ3n) is 6.54. The Hall–Kier alpha value is -2.85. The predicted molar refractivity (Wildman–Crippen MR) is 124 cm³/mol. The van der Waals surface area contributed by atoms with Crippen molar-refractivity contribution >= 4 is 34.9 Å². The summed E-state index contributed by atoms with van der Waals surface area (Å²) in [6.07, 6.45) is 6.19. The van der Waals surface area contributed by atoms with Crippen molar-refractivity contribution in [2.75, 3.05) is 11.9 Å². The highest BCUT2D eigenvalue weighted by atomic mass is 35.5. The van der Waals surface area contributed by atoms with Gasteiger partial charge in [-0.1, -0.05) is 11.6 Å². The molecule has 1 saturated heterocycles. The molecule has 1 atom stereocenters. The normalized spacial score (nSPS) is 22.1. The number of hydrogen-bond donors (Lipinski definition) is 3. The van der Waals surface area contributed by atoms with Crippen LogP contribution in [0.25, 0.3) is 0 Å². The molecule has 1 aromatic carbocycles. The van der Waals surface area contributed by atoms with E-state index in [0.29, 0.717) is 38.2 Å². The summed E-state index contributed by atoms with van der Waals surface area (Å²) in [7, 11) is 0. The number of imidazole rings is 1. The van der Waals surface area contributed by atoms with Gasteiger partial charge in [-0.2, -0.15) is 0 Å². The molecule has 0 unspecified atom stereocenters. The van der Waals surface area contributed by atoms with Crippen molar-refractivity contribution in [1.82, 2.24) is 15.3 Å². The average molecular weight is 509 g/mol. The zero-order valence-corrected chi connectivity index (χ0v) is 19.8. The highest BCUT2D eigenvalue weighted by Crippen LogP contribution is 2.30. The van der Waals surface area contributed by atoms with Gasteiger partial charge in [0.2, 0.25) is 5.91 Å². The molecule has 2 aliphatic rings. The van der Waals surface area contributed by atoms with Crippen molar-refractivity contribution < 1.29 is 27.9 Å². The standard InChI is InChI=1S/C24H27ClF2N4O4/c25-17-10-14(26)11-18(27)20(17)31-23(33)13-3-5-15(6-4-13)30-24(34)22-21(28-12-29-22)19(32)8-7-16-2-1-9-35-16/h10-13,15-16H,1-9H2,(H,28,29)(H,30,34)(H,31,33)/t13?,15?,16-/m1/s1. The summed E-state index contributed by atoms with van der Waals surface area (Å²) in [6, 6.07) is 1.41. The first-order valence-corrected chi connectivity index (χ1v) is 12.1. The van der Waals surface area contributed by atoms with Crippen molar-refractivity contribution in [2.45, 2.75) is 63.5 Å². The molecule has 188 valence electrons. The number of anilines is 1. The summed E-state index contributed by atoms with van der Waals surface area (Å²) in [6.45, 7) is 0.718. The second-order valence-corrected chi connectivity index (χ2v) is 9.39. The Bertz CT molecular complexity index is 1070. The number of ketones is 1. The Morgan fingerprint density at radius 1 is 1.14 bits per heavy atom. The van der Waals surface area contributed by atoms with Crippen molar-refractivity contribution in [3.8, 4) is 0 Å². The summed E-state index contributed by atoms with van der Waals surface area (Å²) < 4.78 is 32.7. The predicted octanol–water partition coefficient (Wildman–Crippen LogP) is 4.41. The minimum Gasteiger partial charge on any atom is -0.378 e. The van der Waals surface area contributed by atoms with Crippen molar-refractivity contribution in [3.05, 3.63) is 46.5 Å². The fraction of sp³-hybridized carbons (Fsp3) is 0.500. The monoisotopic (exact) mass is 508 g/mol. The summed E-state index contributed by atoms with van der Waals surface area (Å²) in [5.41, 5.74) is -0.000161. The van der Waals surface area contributed by atoms with E-state index in [1.807, 2.05) is 0 Å². The second-order valence-electron chi connectivity index (χ2n) is 8.98. The molecule has 2 aromatic rings. The van der Waals surface area contributed by atoms with Crippen molar-refractivity contribution in [1.29, 1.82) is 0 Å². The molecule has 2 heterocycles. The number of hydrogen-bond acceptors (Lipinski definition) is 5. The van der Waals surface area contributed by atoms with Gasteiger partial charge in [-0.15, -0.1) is 0 Å². The first kappa shape index (κ1) is 25.2. The maximum absolute atomic E-state index is 14.0. The smallest absolute Gasteiger partial charge is 0.270 e. The molecule has 0 radical (unpaired) electrons. The largest absolute Gasteiger partial charge is 0.378 e. The molecule has 1 saturated carbocycles. The van der Waals surface area contributed by atoms with Gasteiger partial charge in [0.1, 0.15) is 17.2 Å². The van der Waals surface area contributed by atoms with Crippen LogP contribution in [0.5, 0.6) is 0 Å². The molecule has 4 rings (SSSR count). The molecule has 2 amide bonds. The fourth-order valence-corrected chi connectivity index (χ4v) is 4.85. The van der Waals surface area contributed by atoms with Crippen molar-refractivity contribution in [2.24, 2.45) is 5.92 Å². The van der Waals surface area contributed by atoms with Gasteiger partial charge >= 0.3 is 0 Å².